The summed E-state index contributed by atoms with van der Waals surface area (Å²) in [6, 6.07) is 14.2. The van der Waals surface area contributed by atoms with Crippen LogP contribution in [-0.4, -0.2) is 26.2 Å². The fraction of sp³-hybridized carbons (Fsp3) is 0.280. The highest BCUT2D eigenvalue weighted by Crippen LogP contribution is 2.26. The largest absolute Gasteiger partial charge is 0.491 e. The van der Waals surface area contributed by atoms with E-state index in [0.29, 0.717) is 30.8 Å². The van der Waals surface area contributed by atoms with Crippen LogP contribution in [0.2, 0.25) is 0 Å². The monoisotopic (exact) mass is 437 g/mol. The molecule has 0 atom stereocenters. The number of allylic oxidation sites excluding steroid dienone is 2. The average Bonchev–Trinajstić information content (AvgIpc) is 2.82. The average molecular weight is 437 g/mol. The first-order valence-corrected chi connectivity index (χ1v) is 10.2. The summed E-state index contributed by atoms with van der Waals surface area (Å²) in [6.45, 7) is 4.66. The van der Waals surface area contributed by atoms with Gasteiger partial charge < -0.3 is 24.3 Å². The number of ether oxygens (including phenoxy) is 4. The van der Waals surface area contributed by atoms with Gasteiger partial charge in [-0.15, -0.1) is 0 Å². The Morgan fingerprint density at radius 3 is 1.44 bits per heavy atom. The van der Waals surface area contributed by atoms with Crippen molar-refractivity contribution in [1.29, 1.82) is 0 Å². The van der Waals surface area contributed by atoms with Crippen LogP contribution in [0.5, 0.6) is 0 Å². The molecule has 0 radical (unpaired) electrons. The molecule has 3 rings (SSSR count). The van der Waals surface area contributed by atoms with Crippen LogP contribution in [0.4, 0.5) is 0 Å². The lowest BCUT2D eigenvalue weighted by atomic mass is 10.1. The number of rotatable bonds is 8. The van der Waals surface area contributed by atoms with Crippen molar-refractivity contribution < 1.29 is 28.5 Å². The summed E-state index contributed by atoms with van der Waals surface area (Å²) in [7, 11) is 2.72. The van der Waals surface area contributed by atoms with Crippen LogP contribution in [0, 0.1) is 0 Å². The fourth-order valence-electron chi connectivity index (χ4n) is 3.20. The van der Waals surface area contributed by atoms with E-state index < -0.39 is 0 Å². The van der Waals surface area contributed by atoms with Gasteiger partial charge in [0.2, 0.25) is 0 Å². The maximum absolute atomic E-state index is 11.6. The summed E-state index contributed by atoms with van der Waals surface area (Å²) in [5.74, 6) is 0.858. The summed E-state index contributed by atoms with van der Waals surface area (Å²) in [5.41, 5.74) is 4.75. The molecule has 1 N–H and O–H groups in total. The molecule has 0 saturated heterocycles. The van der Waals surface area contributed by atoms with E-state index in [9.17, 15) is 9.59 Å². The second-order valence-corrected chi connectivity index (χ2v) is 7.35. The Kier molecular flexibility index (Phi) is 7.54. The highest BCUT2D eigenvalue weighted by atomic mass is 16.5. The van der Waals surface area contributed by atoms with Crippen molar-refractivity contribution in [3.63, 3.8) is 0 Å². The van der Waals surface area contributed by atoms with E-state index in [1.165, 1.54) is 14.2 Å². The number of hydrogen-bond acceptors (Lipinski definition) is 7. The standard InChI is InChI=1S/C25H27NO6/c1-16-22(31-14-18-5-9-20(10-6-18)24(27)29-3)13-23(17(2)26-16)32-15-19-7-11-21(12-8-19)25(28)30-4/h5-12,26H,13-15H2,1-4H3. The molecule has 0 fully saturated rings. The van der Waals surface area contributed by atoms with E-state index in [1.807, 2.05) is 38.1 Å². The molecule has 168 valence electrons. The Bertz CT molecular complexity index is 952. The summed E-state index contributed by atoms with van der Waals surface area (Å²) >= 11 is 0. The van der Waals surface area contributed by atoms with Gasteiger partial charge in [0, 0.05) is 0 Å². The third-order valence-corrected chi connectivity index (χ3v) is 5.11. The minimum Gasteiger partial charge on any atom is -0.491 e. The molecule has 0 saturated carbocycles. The van der Waals surface area contributed by atoms with E-state index in [1.54, 1.807) is 24.3 Å². The molecule has 1 aliphatic heterocycles. The van der Waals surface area contributed by atoms with Crippen molar-refractivity contribution in [2.24, 2.45) is 0 Å². The molecule has 0 aliphatic carbocycles. The van der Waals surface area contributed by atoms with Crippen LogP contribution in [0.25, 0.3) is 0 Å². The number of carbonyl (C=O) groups excluding carboxylic acids is 2. The van der Waals surface area contributed by atoms with Crippen LogP contribution >= 0.6 is 0 Å². The van der Waals surface area contributed by atoms with Gasteiger partial charge in [-0.05, 0) is 49.2 Å². The SMILES string of the molecule is COC(=O)c1ccc(COC2=C(C)NC(C)=C(OCc3ccc(C(=O)OC)cc3)C2)cc1. The maximum atomic E-state index is 11.6. The molecule has 7 nitrogen and oxygen atoms in total. The second kappa shape index (κ2) is 10.5. The molecule has 1 heterocycles. The fourth-order valence-corrected chi connectivity index (χ4v) is 3.20. The van der Waals surface area contributed by atoms with Gasteiger partial charge in [0.05, 0.1) is 43.2 Å². The topological polar surface area (TPSA) is 83.1 Å². The molecule has 0 spiro atoms. The second-order valence-electron chi connectivity index (χ2n) is 7.35. The molecule has 0 unspecified atom stereocenters. The van der Waals surface area contributed by atoms with E-state index in [-0.39, 0.29) is 11.9 Å². The number of dihydropyridines is 1. The molecule has 1 aliphatic rings. The smallest absolute Gasteiger partial charge is 0.337 e. The molecule has 0 bridgehead atoms. The molecular formula is C25H27NO6. The van der Waals surface area contributed by atoms with Gasteiger partial charge in [-0.1, -0.05) is 24.3 Å². The zero-order valence-corrected chi connectivity index (χ0v) is 18.7. The lowest BCUT2D eigenvalue weighted by molar-refractivity contribution is 0.0592. The zero-order chi connectivity index (χ0) is 23.1. The molecule has 32 heavy (non-hydrogen) atoms. The number of nitrogens with one attached hydrogen (secondary N) is 1. The summed E-state index contributed by atoms with van der Waals surface area (Å²) in [5, 5.41) is 3.30. The first kappa shape index (κ1) is 22.9. The van der Waals surface area contributed by atoms with Crippen LogP contribution in [0.1, 0.15) is 52.1 Å². The Hall–Kier alpha value is -3.74. The van der Waals surface area contributed by atoms with Gasteiger partial charge >= 0.3 is 11.9 Å². The molecule has 0 amide bonds. The molecule has 2 aromatic carbocycles. The number of benzene rings is 2. The number of carbonyl (C=O) groups is 2. The van der Waals surface area contributed by atoms with Crippen LogP contribution < -0.4 is 5.32 Å². The van der Waals surface area contributed by atoms with Gasteiger partial charge in [-0.2, -0.15) is 0 Å². The maximum Gasteiger partial charge on any atom is 0.337 e. The molecule has 7 heteroatoms. The van der Waals surface area contributed by atoms with Crippen molar-refractivity contribution in [1.82, 2.24) is 5.32 Å². The zero-order valence-electron chi connectivity index (χ0n) is 18.7. The molecular weight excluding hydrogens is 410 g/mol. The quantitative estimate of drug-likeness (QED) is 0.611. The third kappa shape index (κ3) is 5.69. The van der Waals surface area contributed by atoms with E-state index in [0.717, 1.165) is 34.0 Å². The normalized spacial score (nSPS) is 13.4. The lowest BCUT2D eigenvalue weighted by Gasteiger charge is -2.24. The Morgan fingerprint density at radius 2 is 1.09 bits per heavy atom. The molecule has 0 aromatic heterocycles. The summed E-state index contributed by atoms with van der Waals surface area (Å²) < 4.78 is 21.5. The Balaban J connectivity index is 1.56. The highest BCUT2D eigenvalue weighted by Gasteiger charge is 2.18. The van der Waals surface area contributed by atoms with Crippen LogP contribution in [0.15, 0.2) is 71.4 Å². The summed E-state index contributed by atoms with van der Waals surface area (Å²) in [4.78, 5) is 23.1. The summed E-state index contributed by atoms with van der Waals surface area (Å²) in [6.07, 6.45) is 0.533. The van der Waals surface area contributed by atoms with Crippen molar-refractivity contribution in [2.75, 3.05) is 14.2 Å². The Labute approximate surface area is 187 Å². The van der Waals surface area contributed by atoms with Crippen LogP contribution in [0.3, 0.4) is 0 Å². The van der Waals surface area contributed by atoms with E-state index >= 15 is 0 Å². The van der Waals surface area contributed by atoms with Gasteiger partial charge in [0.15, 0.2) is 0 Å². The Morgan fingerprint density at radius 1 is 0.719 bits per heavy atom. The van der Waals surface area contributed by atoms with Gasteiger partial charge in [-0.3, -0.25) is 0 Å². The minimum atomic E-state index is -0.366. The van der Waals surface area contributed by atoms with Crippen molar-refractivity contribution in [3.05, 3.63) is 93.7 Å². The predicted octanol–water partition coefficient (Wildman–Crippen LogP) is 4.45. The van der Waals surface area contributed by atoms with Crippen molar-refractivity contribution in [2.45, 2.75) is 33.5 Å². The van der Waals surface area contributed by atoms with Gasteiger partial charge in [0.1, 0.15) is 24.7 Å². The number of hydrogen-bond donors (Lipinski definition) is 1. The number of esters is 2. The van der Waals surface area contributed by atoms with Gasteiger partial charge in [-0.25, -0.2) is 9.59 Å². The predicted molar refractivity (Wildman–Crippen MR) is 118 cm³/mol. The lowest BCUT2D eigenvalue weighted by Crippen LogP contribution is -2.20. The van der Waals surface area contributed by atoms with Crippen molar-refractivity contribution in [3.8, 4) is 0 Å². The minimum absolute atomic E-state index is 0.366. The first-order chi connectivity index (χ1) is 15.4. The van der Waals surface area contributed by atoms with Crippen molar-refractivity contribution >= 4 is 11.9 Å². The number of methoxy groups -OCH3 is 2. The van der Waals surface area contributed by atoms with Gasteiger partial charge in [0.25, 0.3) is 0 Å². The first-order valence-electron chi connectivity index (χ1n) is 10.2. The van der Waals surface area contributed by atoms with Crippen LogP contribution in [-0.2, 0) is 32.2 Å². The highest BCUT2D eigenvalue weighted by molar-refractivity contribution is 5.89. The molecule has 2 aromatic rings. The third-order valence-electron chi connectivity index (χ3n) is 5.11. The van der Waals surface area contributed by atoms with E-state index in [2.05, 4.69) is 5.32 Å². The van der Waals surface area contributed by atoms with E-state index in [4.69, 9.17) is 18.9 Å².